The molecule has 0 saturated heterocycles. The lowest BCUT2D eigenvalue weighted by molar-refractivity contribution is 0.175. The van der Waals surface area contributed by atoms with Crippen LogP contribution >= 0.6 is 15.9 Å². The van der Waals surface area contributed by atoms with E-state index in [1.165, 1.54) is 0 Å². The Balaban J connectivity index is 2.24. The van der Waals surface area contributed by atoms with Gasteiger partial charge in [0.25, 0.3) is 0 Å². The Hall–Kier alpha value is -1.20. The molecule has 0 fully saturated rings. The smallest absolute Gasteiger partial charge is 0.0846 e. The fraction of sp³-hybridized carbons (Fsp3) is 0.385. The van der Waals surface area contributed by atoms with Gasteiger partial charge in [0, 0.05) is 25.4 Å². The minimum atomic E-state index is -0.544. The molecule has 18 heavy (non-hydrogen) atoms. The summed E-state index contributed by atoms with van der Waals surface area (Å²) in [7, 11) is 1.89. The van der Waals surface area contributed by atoms with Gasteiger partial charge in [-0.15, -0.1) is 0 Å². The van der Waals surface area contributed by atoms with Crippen molar-refractivity contribution in [1.29, 1.82) is 0 Å². The highest BCUT2D eigenvalue weighted by atomic mass is 79.9. The SMILES string of the molecule is Cc1cc(C(O)Cc2c(Br)c(C)nn2C)ccn1. The van der Waals surface area contributed by atoms with Gasteiger partial charge in [0.1, 0.15) is 0 Å². The summed E-state index contributed by atoms with van der Waals surface area (Å²) >= 11 is 3.51. The standard InChI is InChI=1S/C13H16BrN3O/c1-8-6-10(4-5-15-8)12(18)7-11-13(14)9(2)16-17(11)3/h4-6,12,18H,7H2,1-3H3. The highest BCUT2D eigenvalue weighted by molar-refractivity contribution is 9.10. The number of halogens is 1. The van der Waals surface area contributed by atoms with Crippen LogP contribution in [0, 0.1) is 13.8 Å². The summed E-state index contributed by atoms with van der Waals surface area (Å²) in [5, 5.41) is 14.6. The van der Waals surface area contributed by atoms with Crippen molar-refractivity contribution in [3.05, 3.63) is 45.4 Å². The first-order valence-corrected chi connectivity index (χ1v) is 6.57. The van der Waals surface area contributed by atoms with Gasteiger partial charge in [-0.1, -0.05) is 0 Å². The molecule has 0 radical (unpaired) electrons. The van der Waals surface area contributed by atoms with Crippen LogP contribution in [0.4, 0.5) is 0 Å². The van der Waals surface area contributed by atoms with Crippen molar-refractivity contribution in [2.75, 3.05) is 0 Å². The summed E-state index contributed by atoms with van der Waals surface area (Å²) in [5.41, 5.74) is 3.72. The number of aryl methyl sites for hydroxylation is 3. The average molecular weight is 310 g/mol. The van der Waals surface area contributed by atoms with E-state index in [4.69, 9.17) is 0 Å². The second-order valence-corrected chi connectivity index (χ2v) is 5.21. The number of hydrogen-bond acceptors (Lipinski definition) is 3. The molecular formula is C13H16BrN3O. The van der Waals surface area contributed by atoms with Crippen molar-refractivity contribution < 1.29 is 5.11 Å². The number of hydrogen-bond donors (Lipinski definition) is 1. The van der Waals surface area contributed by atoms with E-state index in [0.29, 0.717) is 6.42 Å². The molecule has 0 aromatic carbocycles. The molecule has 2 aromatic rings. The zero-order chi connectivity index (χ0) is 13.3. The summed E-state index contributed by atoms with van der Waals surface area (Å²) in [4.78, 5) is 4.13. The van der Waals surface area contributed by atoms with Gasteiger partial charge in [-0.25, -0.2) is 0 Å². The van der Waals surface area contributed by atoms with Gasteiger partial charge in [-0.05, 0) is 47.5 Å². The molecule has 0 aliphatic rings. The van der Waals surface area contributed by atoms with E-state index in [1.54, 1.807) is 10.9 Å². The molecule has 4 nitrogen and oxygen atoms in total. The summed E-state index contributed by atoms with van der Waals surface area (Å²) < 4.78 is 2.77. The maximum Gasteiger partial charge on any atom is 0.0846 e. The lowest BCUT2D eigenvalue weighted by atomic mass is 10.1. The Morgan fingerprint density at radius 2 is 2.17 bits per heavy atom. The largest absolute Gasteiger partial charge is 0.388 e. The molecule has 1 atom stereocenters. The Bertz CT molecular complexity index is 565. The third kappa shape index (κ3) is 2.62. The first kappa shape index (κ1) is 13.2. The summed E-state index contributed by atoms with van der Waals surface area (Å²) in [6, 6.07) is 3.75. The fourth-order valence-corrected chi connectivity index (χ4v) is 2.48. The van der Waals surface area contributed by atoms with E-state index in [2.05, 4.69) is 26.0 Å². The van der Waals surface area contributed by atoms with Crippen LogP contribution in [-0.4, -0.2) is 19.9 Å². The molecule has 2 aromatic heterocycles. The number of aromatic nitrogens is 3. The predicted molar refractivity (Wildman–Crippen MR) is 73.3 cm³/mol. The molecule has 0 aliphatic heterocycles. The normalized spacial score (nSPS) is 12.7. The van der Waals surface area contributed by atoms with Crippen molar-refractivity contribution >= 4 is 15.9 Å². The van der Waals surface area contributed by atoms with E-state index in [9.17, 15) is 5.11 Å². The minimum absolute atomic E-state index is 0.529. The number of pyridine rings is 1. The minimum Gasteiger partial charge on any atom is -0.388 e. The summed E-state index contributed by atoms with van der Waals surface area (Å²) in [6.45, 7) is 3.86. The van der Waals surface area contributed by atoms with Gasteiger partial charge in [0.15, 0.2) is 0 Å². The van der Waals surface area contributed by atoms with Crippen molar-refractivity contribution in [3.63, 3.8) is 0 Å². The van der Waals surface area contributed by atoms with Crippen molar-refractivity contribution in [1.82, 2.24) is 14.8 Å². The zero-order valence-electron chi connectivity index (χ0n) is 10.7. The maximum absolute atomic E-state index is 10.3. The third-order valence-corrected chi connectivity index (χ3v) is 3.99. The van der Waals surface area contributed by atoms with Crippen molar-refractivity contribution in [2.24, 2.45) is 7.05 Å². The highest BCUT2D eigenvalue weighted by Crippen LogP contribution is 2.25. The van der Waals surface area contributed by atoms with E-state index in [-0.39, 0.29) is 0 Å². The van der Waals surface area contributed by atoms with Gasteiger partial charge in [-0.3, -0.25) is 9.67 Å². The number of rotatable bonds is 3. The van der Waals surface area contributed by atoms with Crippen LogP contribution < -0.4 is 0 Å². The van der Waals surface area contributed by atoms with Crippen LogP contribution in [0.15, 0.2) is 22.8 Å². The quantitative estimate of drug-likeness (QED) is 0.947. The molecule has 0 amide bonds. The second kappa shape index (κ2) is 5.20. The maximum atomic E-state index is 10.3. The van der Waals surface area contributed by atoms with Crippen molar-refractivity contribution in [2.45, 2.75) is 26.4 Å². The van der Waals surface area contributed by atoms with Crippen LogP contribution in [-0.2, 0) is 13.5 Å². The Kier molecular flexibility index (Phi) is 3.82. The molecule has 96 valence electrons. The fourth-order valence-electron chi connectivity index (χ4n) is 1.98. The van der Waals surface area contributed by atoms with Crippen LogP contribution in [0.5, 0.6) is 0 Å². The monoisotopic (exact) mass is 309 g/mol. The molecule has 2 rings (SSSR count). The molecule has 0 saturated carbocycles. The van der Waals surface area contributed by atoms with Gasteiger partial charge < -0.3 is 5.11 Å². The van der Waals surface area contributed by atoms with Crippen molar-refractivity contribution in [3.8, 4) is 0 Å². The van der Waals surface area contributed by atoms with Gasteiger partial charge in [-0.2, -0.15) is 5.10 Å². The number of aliphatic hydroxyl groups excluding tert-OH is 1. The second-order valence-electron chi connectivity index (χ2n) is 4.42. The lowest BCUT2D eigenvalue weighted by Gasteiger charge is -2.12. The first-order chi connectivity index (χ1) is 8.49. The van der Waals surface area contributed by atoms with E-state index >= 15 is 0 Å². The molecule has 0 aliphatic carbocycles. The molecule has 0 bridgehead atoms. The lowest BCUT2D eigenvalue weighted by Crippen LogP contribution is -2.07. The van der Waals surface area contributed by atoms with Crippen LogP contribution in [0.3, 0.4) is 0 Å². The van der Waals surface area contributed by atoms with Crippen LogP contribution in [0.25, 0.3) is 0 Å². The summed E-state index contributed by atoms with van der Waals surface area (Å²) in [5.74, 6) is 0. The molecule has 1 N–H and O–H groups in total. The third-order valence-electron chi connectivity index (χ3n) is 2.95. The average Bonchev–Trinajstić information content (AvgIpc) is 2.56. The Morgan fingerprint density at radius 3 is 2.72 bits per heavy atom. The topological polar surface area (TPSA) is 50.9 Å². The highest BCUT2D eigenvalue weighted by Gasteiger charge is 2.16. The van der Waals surface area contributed by atoms with E-state index in [0.717, 1.165) is 27.1 Å². The molecule has 0 spiro atoms. The van der Waals surface area contributed by atoms with Gasteiger partial charge >= 0.3 is 0 Å². The molecule has 2 heterocycles. The van der Waals surface area contributed by atoms with Gasteiger partial charge in [0.2, 0.25) is 0 Å². The first-order valence-electron chi connectivity index (χ1n) is 5.77. The molecular weight excluding hydrogens is 294 g/mol. The van der Waals surface area contributed by atoms with E-state index < -0.39 is 6.10 Å². The summed E-state index contributed by atoms with van der Waals surface area (Å²) in [6.07, 6.45) is 1.71. The van der Waals surface area contributed by atoms with E-state index in [1.807, 2.05) is 33.0 Å². The van der Waals surface area contributed by atoms with Gasteiger partial charge in [0.05, 0.1) is 22.0 Å². The molecule has 5 heteroatoms. The number of nitrogens with zero attached hydrogens (tertiary/aromatic N) is 3. The Labute approximate surface area is 115 Å². The zero-order valence-corrected chi connectivity index (χ0v) is 12.3. The predicted octanol–water partition coefficient (Wildman–Crippen LogP) is 2.47. The number of aliphatic hydroxyl groups is 1. The molecule has 1 unspecified atom stereocenters. The van der Waals surface area contributed by atoms with Crippen LogP contribution in [0.1, 0.15) is 28.7 Å². The van der Waals surface area contributed by atoms with Crippen LogP contribution in [0.2, 0.25) is 0 Å². The Morgan fingerprint density at radius 1 is 1.44 bits per heavy atom.